The SMILES string of the molecule is Cc1cc(O)c(Cc2ccsc2)cc1N. The summed E-state index contributed by atoms with van der Waals surface area (Å²) in [5.41, 5.74) is 9.56. The summed E-state index contributed by atoms with van der Waals surface area (Å²) in [5, 5.41) is 13.9. The molecule has 2 aromatic rings. The molecule has 1 aromatic heterocycles. The molecule has 0 unspecified atom stereocenters. The molecule has 0 aliphatic heterocycles. The highest BCUT2D eigenvalue weighted by molar-refractivity contribution is 7.07. The Kier molecular flexibility index (Phi) is 2.64. The topological polar surface area (TPSA) is 46.2 Å². The minimum atomic E-state index is 0.327. The highest BCUT2D eigenvalue weighted by Crippen LogP contribution is 2.26. The molecular weight excluding hydrogens is 206 g/mol. The van der Waals surface area contributed by atoms with Crippen molar-refractivity contribution in [1.82, 2.24) is 0 Å². The van der Waals surface area contributed by atoms with Gasteiger partial charge in [0.1, 0.15) is 5.75 Å². The first-order chi connectivity index (χ1) is 7.16. The second-order valence-electron chi connectivity index (χ2n) is 3.65. The van der Waals surface area contributed by atoms with Crippen molar-refractivity contribution < 1.29 is 5.11 Å². The number of nitrogens with two attached hydrogens (primary N) is 1. The lowest BCUT2D eigenvalue weighted by Gasteiger charge is -2.07. The minimum absolute atomic E-state index is 0.327. The lowest BCUT2D eigenvalue weighted by atomic mass is 10.0. The molecule has 0 radical (unpaired) electrons. The molecule has 0 atom stereocenters. The lowest BCUT2D eigenvalue weighted by Crippen LogP contribution is -1.94. The van der Waals surface area contributed by atoms with Gasteiger partial charge in [0.2, 0.25) is 0 Å². The molecular formula is C12H13NOS. The Hall–Kier alpha value is -1.48. The van der Waals surface area contributed by atoms with Crippen LogP contribution in [0.2, 0.25) is 0 Å². The average molecular weight is 219 g/mol. The van der Waals surface area contributed by atoms with Crippen LogP contribution in [0.25, 0.3) is 0 Å². The van der Waals surface area contributed by atoms with E-state index in [9.17, 15) is 5.11 Å². The highest BCUT2D eigenvalue weighted by Gasteiger charge is 2.05. The molecule has 0 bridgehead atoms. The van der Waals surface area contributed by atoms with Gasteiger partial charge < -0.3 is 10.8 Å². The molecule has 0 amide bonds. The third kappa shape index (κ3) is 2.13. The van der Waals surface area contributed by atoms with E-state index in [1.54, 1.807) is 17.4 Å². The fourth-order valence-corrected chi connectivity index (χ4v) is 2.18. The molecule has 3 heteroatoms. The Morgan fingerprint density at radius 1 is 1.40 bits per heavy atom. The van der Waals surface area contributed by atoms with Crippen molar-refractivity contribution >= 4 is 17.0 Å². The summed E-state index contributed by atoms with van der Waals surface area (Å²) < 4.78 is 0. The summed E-state index contributed by atoms with van der Waals surface area (Å²) in [7, 11) is 0. The number of hydrogen-bond acceptors (Lipinski definition) is 3. The van der Waals surface area contributed by atoms with Gasteiger partial charge in [0.25, 0.3) is 0 Å². The molecule has 1 heterocycles. The van der Waals surface area contributed by atoms with Gasteiger partial charge in [0.15, 0.2) is 0 Å². The first-order valence-electron chi connectivity index (χ1n) is 4.76. The van der Waals surface area contributed by atoms with Gasteiger partial charge in [0.05, 0.1) is 0 Å². The zero-order chi connectivity index (χ0) is 10.8. The van der Waals surface area contributed by atoms with Gasteiger partial charge in [-0.1, -0.05) is 0 Å². The number of phenols is 1. The number of benzene rings is 1. The molecule has 0 spiro atoms. The zero-order valence-corrected chi connectivity index (χ0v) is 9.34. The second kappa shape index (κ2) is 3.95. The third-order valence-corrected chi connectivity index (χ3v) is 3.17. The van der Waals surface area contributed by atoms with Crippen LogP contribution in [0.1, 0.15) is 16.7 Å². The maximum atomic E-state index is 9.76. The largest absolute Gasteiger partial charge is 0.508 e. The van der Waals surface area contributed by atoms with Crippen molar-refractivity contribution in [2.24, 2.45) is 0 Å². The van der Waals surface area contributed by atoms with Crippen molar-refractivity contribution in [3.8, 4) is 5.75 Å². The number of aromatic hydroxyl groups is 1. The molecule has 2 nitrogen and oxygen atoms in total. The number of anilines is 1. The molecule has 15 heavy (non-hydrogen) atoms. The number of phenolic OH excluding ortho intramolecular Hbond substituents is 1. The quantitative estimate of drug-likeness (QED) is 0.602. The standard InChI is InChI=1S/C12H13NOS/c1-8-4-12(14)10(6-11(8)13)5-9-2-3-15-7-9/h2-4,6-7,14H,5,13H2,1H3. The molecule has 2 rings (SSSR count). The fraction of sp³-hybridized carbons (Fsp3) is 0.167. The Bertz CT molecular complexity index is 463. The summed E-state index contributed by atoms with van der Waals surface area (Å²) in [6, 6.07) is 5.62. The van der Waals surface area contributed by atoms with E-state index < -0.39 is 0 Å². The minimum Gasteiger partial charge on any atom is -0.508 e. The molecule has 0 fully saturated rings. The number of thiophene rings is 1. The Balaban J connectivity index is 2.33. The van der Waals surface area contributed by atoms with Gasteiger partial charge >= 0.3 is 0 Å². The molecule has 78 valence electrons. The molecule has 0 aliphatic carbocycles. The highest BCUT2D eigenvalue weighted by atomic mass is 32.1. The van der Waals surface area contributed by atoms with Crippen LogP contribution in [-0.4, -0.2) is 5.11 Å². The van der Waals surface area contributed by atoms with E-state index in [0.29, 0.717) is 5.75 Å². The molecule has 0 saturated heterocycles. The van der Waals surface area contributed by atoms with Gasteiger partial charge in [-0.25, -0.2) is 0 Å². The molecule has 1 aromatic carbocycles. The number of nitrogen functional groups attached to an aromatic ring is 1. The Morgan fingerprint density at radius 3 is 2.87 bits per heavy atom. The van der Waals surface area contributed by atoms with Crippen molar-refractivity contribution in [3.05, 3.63) is 45.6 Å². The van der Waals surface area contributed by atoms with E-state index in [1.807, 2.05) is 18.4 Å². The second-order valence-corrected chi connectivity index (χ2v) is 4.43. The van der Waals surface area contributed by atoms with E-state index in [4.69, 9.17) is 5.73 Å². The number of hydrogen-bond donors (Lipinski definition) is 2. The molecule has 0 aliphatic rings. The summed E-state index contributed by atoms with van der Waals surface area (Å²) in [5.74, 6) is 0.327. The van der Waals surface area contributed by atoms with Crippen LogP contribution < -0.4 is 5.73 Å². The maximum Gasteiger partial charge on any atom is 0.119 e. The predicted molar refractivity (Wildman–Crippen MR) is 64.4 cm³/mol. The zero-order valence-electron chi connectivity index (χ0n) is 8.53. The normalized spacial score (nSPS) is 10.5. The number of aryl methyl sites for hydroxylation is 1. The van der Waals surface area contributed by atoms with Crippen LogP contribution >= 0.6 is 11.3 Å². The van der Waals surface area contributed by atoms with E-state index in [1.165, 1.54) is 5.56 Å². The van der Waals surface area contributed by atoms with E-state index >= 15 is 0 Å². The van der Waals surface area contributed by atoms with Gasteiger partial charge in [-0.15, -0.1) is 0 Å². The van der Waals surface area contributed by atoms with E-state index in [0.717, 1.165) is 23.2 Å². The smallest absolute Gasteiger partial charge is 0.119 e. The maximum absolute atomic E-state index is 9.76. The summed E-state index contributed by atoms with van der Waals surface area (Å²) in [6.07, 6.45) is 0.736. The van der Waals surface area contributed by atoms with Crippen LogP contribution in [0, 0.1) is 6.92 Å². The van der Waals surface area contributed by atoms with Crippen molar-refractivity contribution in [2.75, 3.05) is 5.73 Å². The van der Waals surface area contributed by atoms with E-state index in [-0.39, 0.29) is 0 Å². The summed E-state index contributed by atoms with van der Waals surface area (Å²) in [4.78, 5) is 0. The first kappa shape index (κ1) is 10.1. The first-order valence-corrected chi connectivity index (χ1v) is 5.70. The Labute approximate surface area is 93.0 Å². The fourth-order valence-electron chi connectivity index (χ4n) is 1.51. The van der Waals surface area contributed by atoms with Crippen molar-refractivity contribution in [2.45, 2.75) is 13.3 Å². The Morgan fingerprint density at radius 2 is 2.20 bits per heavy atom. The molecule has 0 saturated carbocycles. The molecule has 3 N–H and O–H groups in total. The van der Waals surface area contributed by atoms with Crippen molar-refractivity contribution in [1.29, 1.82) is 0 Å². The van der Waals surface area contributed by atoms with Crippen molar-refractivity contribution in [3.63, 3.8) is 0 Å². The van der Waals surface area contributed by atoms with Gasteiger partial charge in [-0.2, -0.15) is 11.3 Å². The lowest BCUT2D eigenvalue weighted by molar-refractivity contribution is 0.469. The van der Waals surface area contributed by atoms with Crippen LogP contribution in [0.15, 0.2) is 29.0 Å². The number of rotatable bonds is 2. The predicted octanol–water partition coefficient (Wildman–Crippen LogP) is 2.94. The van der Waals surface area contributed by atoms with Gasteiger partial charge in [-0.3, -0.25) is 0 Å². The monoisotopic (exact) mass is 219 g/mol. The van der Waals surface area contributed by atoms with Gasteiger partial charge in [-0.05, 0) is 47.0 Å². The average Bonchev–Trinajstić information content (AvgIpc) is 2.67. The van der Waals surface area contributed by atoms with Crippen LogP contribution in [0.3, 0.4) is 0 Å². The third-order valence-electron chi connectivity index (χ3n) is 2.44. The van der Waals surface area contributed by atoms with Crippen LogP contribution in [0.4, 0.5) is 5.69 Å². The van der Waals surface area contributed by atoms with Crippen LogP contribution in [-0.2, 0) is 6.42 Å². The van der Waals surface area contributed by atoms with Gasteiger partial charge in [0, 0.05) is 17.7 Å². The van der Waals surface area contributed by atoms with Crippen LogP contribution in [0.5, 0.6) is 5.75 Å². The summed E-state index contributed by atoms with van der Waals surface area (Å²) >= 11 is 1.66. The summed E-state index contributed by atoms with van der Waals surface area (Å²) in [6.45, 7) is 1.89. The van der Waals surface area contributed by atoms with E-state index in [2.05, 4.69) is 11.4 Å².